The van der Waals surface area contributed by atoms with Gasteiger partial charge in [0, 0.05) is 18.6 Å². The lowest BCUT2D eigenvalue weighted by molar-refractivity contribution is -0.123. The molecular formula is C15H29N3O. The van der Waals surface area contributed by atoms with Crippen molar-refractivity contribution < 1.29 is 4.79 Å². The summed E-state index contributed by atoms with van der Waals surface area (Å²) in [7, 11) is 0. The number of hydrogen-bond donors (Lipinski definition) is 2. The summed E-state index contributed by atoms with van der Waals surface area (Å²) in [6, 6.07) is 0.897. The van der Waals surface area contributed by atoms with Crippen molar-refractivity contribution in [1.29, 1.82) is 0 Å². The van der Waals surface area contributed by atoms with Gasteiger partial charge >= 0.3 is 0 Å². The molecule has 19 heavy (non-hydrogen) atoms. The van der Waals surface area contributed by atoms with Crippen LogP contribution < -0.4 is 10.6 Å². The van der Waals surface area contributed by atoms with E-state index in [0.29, 0.717) is 18.6 Å². The number of fused-ring (bicyclic) bond motifs is 1. The largest absolute Gasteiger partial charge is 0.353 e. The standard InChI is InChI=1S/C15H29N3O/c1-4-6-11(3)17-15(19)10-18-9-12-7-16-8-13(12)14(18)5-2/h11-14,16H,4-10H2,1-3H3,(H,17,19). The quantitative estimate of drug-likeness (QED) is 0.760. The number of carbonyl (C=O) groups excluding carboxylic acids is 1. The van der Waals surface area contributed by atoms with Crippen molar-refractivity contribution in [1.82, 2.24) is 15.5 Å². The van der Waals surface area contributed by atoms with E-state index in [4.69, 9.17) is 0 Å². The summed E-state index contributed by atoms with van der Waals surface area (Å²) >= 11 is 0. The zero-order chi connectivity index (χ0) is 13.8. The number of likely N-dealkylation sites (tertiary alicyclic amines) is 1. The topological polar surface area (TPSA) is 44.4 Å². The second kappa shape index (κ2) is 6.71. The molecule has 0 radical (unpaired) electrons. The summed E-state index contributed by atoms with van der Waals surface area (Å²) in [6.07, 6.45) is 3.34. The van der Waals surface area contributed by atoms with E-state index in [1.807, 2.05) is 0 Å². The summed E-state index contributed by atoms with van der Waals surface area (Å²) in [4.78, 5) is 14.5. The van der Waals surface area contributed by atoms with Gasteiger partial charge in [0.25, 0.3) is 0 Å². The normalized spacial score (nSPS) is 32.3. The van der Waals surface area contributed by atoms with Crippen molar-refractivity contribution in [2.75, 3.05) is 26.2 Å². The first-order valence-corrected chi connectivity index (χ1v) is 7.89. The van der Waals surface area contributed by atoms with E-state index >= 15 is 0 Å². The Hall–Kier alpha value is -0.610. The van der Waals surface area contributed by atoms with Gasteiger partial charge in [-0.3, -0.25) is 9.69 Å². The number of nitrogens with one attached hydrogen (secondary N) is 2. The first-order valence-electron chi connectivity index (χ1n) is 7.89. The fourth-order valence-electron chi connectivity index (χ4n) is 3.86. The minimum Gasteiger partial charge on any atom is -0.353 e. The van der Waals surface area contributed by atoms with Crippen LogP contribution in [-0.2, 0) is 4.79 Å². The third-order valence-electron chi connectivity index (χ3n) is 4.72. The smallest absolute Gasteiger partial charge is 0.234 e. The number of rotatable bonds is 6. The zero-order valence-electron chi connectivity index (χ0n) is 12.6. The van der Waals surface area contributed by atoms with Gasteiger partial charge < -0.3 is 10.6 Å². The lowest BCUT2D eigenvalue weighted by atomic mass is 9.93. The van der Waals surface area contributed by atoms with Gasteiger partial charge in [-0.15, -0.1) is 0 Å². The lowest BCUT2D eigenvalue weighted by Gasteiger charge is -2.26. The Kier molecular flexibility index (Phi) is 5.22. The molecule has 2 aliphatic rings. The van der Waals surface area contributed by atoms with E-state index in [-0.39, 0.29) is 5.91 Å². The van der Waals surface area contributed by atoms with Crippen LogP contribution in [0.2, 0.25) is 0 Å². The molecule has 0 bridgehead atoms. The van der Waals surface area contributed by atoms with Crippen molar-refractivity contribution in [2.24, 2.45) is 11.8 Å². The average Bonchev–Trinajstić information content (AvgIpc) is 2.88. The molecule has 4 heteroatoms. The Morgan fingerprint density at radius 1 is 1.42 bits per heavy atom. The number of nitrogens with zero attached hydrogens (tertiary/aromatic N) is 1. The van der Waals surface area contributed by atoms with Crippen LogP contribution in [0.25, 0.3) is 0 Å². The van der Waals surface area contributed by atoms with Gasteiger partial charge in [0.05, 0.1) is 6.54 Å². The molecule has 4 nitrogen and oxygen atoms in total. The van der Waals surface area contributed by atoms with Gasteiger partial charge in [-0.2, -0.15) is 0 Å². The molecule has 0 spiro atoms. The van der Waals surface area contributed by atoms with E-state index in [2.05, 4.69) is 36.3 Å². The van der Waals surface area contributed by atoms with E-state index in [1.54, 1.807) is 0 Å². The maximum absolute atomic E-state index is 12.1. The Bertz CT molecular complexity index is 308. The van der Waals surface area contributed by atoms with E-state index in [9.17, 15) is 4.79 Å². The molecule has 110 valence electrons. The monoisotopic (exact) mass is 267 g/mol. The fourth-order valence-corrected chi connectivity index (χ4v) is 3.86. The van der Waals surface area contributed by atoms with E-state index < -0.39 is 0 Å². The van der Waals surface area contributed by atoms with Crippen LogP contribution in [0.3, 0.4) is 0 Å². The molecule has 2 saturated heterocycles. The maximum atomic E-state index is 12.1. The summed E-state index contributed by atoms with van der Waals surface area (Å²) in [5.41, 5.74) is 0. The van der Waals surface area contributed by atoms with Gasteiger partial charge in [0.1, 0.15) is 0 Å². The molecule has 1 amide bonds. The van der Waals surface area contributed by atoms with E-state index in [1.165, 1.54) is 0 Å². The first-order chi connectivity index (χ1) is 9.15. The predicted molar refractivity (Wildman–Crippen MR) is 78.0 cm³/mol. The summed E-state index contributed by atoms with van der Waals surface area (Å²) in [6.45, 7) is 10.4. The summed E-state index contributed by atoms with van der Waals surface area (Å²) < 4.78 is 0. The molecule has 0 aromatic heterocycles. The highest BCUT2D eigenvalue weighted by molar-refractivity contribution is 5.78. The molecule has 0 saturated carbocycles. The van der Waals surface area contributed by atoms with Gasteiger partial charge in [-0.1, -0.05) is 20.3 Å². The summed E-state index contributed by atoms with van der Waals surface area (Å²) in [5.74, 6) is 1.71. The van der Waals surface area contributed by atoms with Crippen LogP contribution in [0.15, 0.2) is 0 Å². The Morgan fingerprint density at radius 3 is 2.89 bits per heavy atom. The van der Waals surface area contributed by atoms with Crippen molar-refractivity contribution in [3.63, 3.8) is 0 Å². The van der Waals surface area contributed by atoms with Crippen LogP contribution in [0, 0.1) is 11.8 Å². The first kappa shape index (κ1) is 14.8. The molecule has 0 aromatic rings. The highest BCUT2D eigenvalue weighted by Gasteiger charge is 2.43. The minimum atomic E-state index is 0.201. The van der Waals surface area contributed by atoms with Crippen molar-refractivity contribution >= 4 is 5.91 Å². The third-order valence-corrected chi connectivity index (χ3v) is 4.72. The van der Waals surface area contributed by atoms with Crippen LogP contribution in [0.5, 0.6) is 0 Å². The van der Waals surface area contributed by atoms with Gasteiger partial charge in [-0.05, 0) is 44.7 Å². The molecule has 2 heterocycles. The molecule has 2 aliphatic heterocycles. The highest BCUT2D eigenvalue weighted by atomic mass is 16.2. The SMILES string of the molecule is CCCC(C)NC(=O)CN1CC2CNCC2C1CC. The van der Waals surface area contributed by atoms with Crippen LogP contribution >= 0.6 is 0 Å². The van der Waals surface area contributed by atoms with Crippen LogP contribution in [0.4, 0.5) is 0 Å². The second-order valence-electron chi connectivity index (χ2n) is 6.24. The van der Waals surface area contributed by atoms with Crippen molar-refractivity contribution in [3.8, 4) is 0 Å². The molecule has 4 atom stereocenters. The van der Waals surface area contributed by atoms with Gasteiger partial charge in [0.15, 0.2) is 0 Å². The Balaban J connectivity index is 1.83. The highest BCUT2D eigenvalue weighted by Crippen LogP contribution is 2.33. The fraction of sp³-hybridized carbons (Fsp3) is 0.933. The zero-order valence-corrected chi connectivity index (χ0v) is 12.6. The van der Waals surface area contributed by atoms with Crippen LogP contribution in [0.1, 0.15) is 40.0 Å². The average molecular weight is 267 g/mol. The predicted octanol–water partition coefficient (Wildman–Crippen LogP) is 1.22. The molecule has 2 rings (SSSR count). The summed E-state index contributed by atoms with van der Waals surface area (Å²) in [5, 5.41) is 6.61. The van der Waals surface area contributed by atoms with Crippen molar-refractivity contribution in [2.45, 2.75) is 52.1 Å². The molecular weight excluding hydrogens is 238 g/mol. The Morgan fingerprint density at radius 2 is 2.21 bits per heavy atom. The van der Waals surface area contributed by atoms with E-state index in [0.717, 1.165) is 50.7 Å². The molecule has 2 N–H and O–H groups in total. The number of carbonyl (C=O) groups is 1. The Labute approximate surface area is 117 Å². The molecule has 4 unspecified atom stereocenters. The number of hydrogen-bond acceptors (Lipinski definition) is 3. The van der Waals surface area contributed by atoms with Gasteiger partial charge in [0.2, 0.25) is 5.91 Å². The molecule has 0 aliphatic carbocycles. The minimum absolute atomic E-state index is 0.201. The molecule has 2 fully saturated rings. The van der Waals surface area contributed by atoms with Gasteiger partial charge in [-0.25, -0.2) is 0 Å². The molecule has 0 aromatic carbocycles. The lowest BCUT2D eigenvalue weighted by Crippen LogP contribution is -2.44. The van der Waals surface area contributed by atoms with Crippen molar-refractivity contribution in [3.05, 3.63) is 0 Å². The maximum Gasteiger partial charge on any atom is 0.234 e. The third kappa shape index (κ3) is 3.48. The number of amides is 1. The second-order valence-corrected chi connectivity index (χ2v) is 6.24. The van der Waals surface area contributed by atoms with Crippen LogP contribution in [-0.4, -0.2) is 49.1 Å².